The highest BCUT2D eigenvalue weighted by molar-refractivity contribution is 6.20. The summed E-state index contributed by atoms with van der Waals surface area (Å²) in [7, 11) is 0. The lowest BCUT2D eigenvalue weighted by Gasteiger charge is -2.14. The molecule has 2 heteroatoms. The average Bonchev–Trinajstić information content (AvgIpc) is 2.26. The van der Waals surface area contributed by atoms with Gasteiger partial charge in [0.15, 0.2) is 11.6 Å². The third-order valence-corrected chi connectivity index (χ3v) is 2.93. The van der Waals surface area contributed by atoms with Crippen LogP contribution in [0.25, 0.3) is 0 Å². The van der Waals surface area contributed by atoms with E-state index >= 15 is 0 Å². The summed E-state index contributed by atoms with van der Waals surface area (Å²) in [5, 5.41) is 0. The Morgan fingerprint density at radius 1 is 0.938 bits per heavy atom. The Morgan fingerprint density at radius 3 is 1.50 bits per heavy atom. The van der Waals surface area contributed by atoms with E-state index in [4.69, 9.17) is 0 Å². The Morgan fingerprint density at radius 2 is 1.25 bits per heavy atom. The van der Waals surface area contributed by atoms with Crippen molar-refractivity contribution in [3.63, 3.8) is 0 Å². The molecule has 0 amide bonds. The lowest BCUT2D eigenvalue weighted by atomic mass is 9.88. The average molecular weight is 224 g/mol. The van der Waals surface area contributed by atoms with Crippen LogP contribution in [0.15, 0.2) is 12.2 Å². The quantitative estimate of drug-likeness (QED) is 0.359. The topological polar surface area (TPSA) is 34.1 Å². The fraction of sp³-hybridized carbons (Fsp3) is 0.714. The van der Waals surface area contributed by atoms with Crippen LogP contribution in [0.5, 0.6) is 0 Å². The van der Waals surface area contributed by atoms with Crippen LogP contribution in [0.3, 0.4) is 0 Å². The molecule has 0 aromatic heterocycles. The van der Waals surface area contributed by atoms with E-state index in [0.29, 0.717) is 0 Å². The number of rotatable bonds is 8. The maximum absolute atomic E-state index is 11.9. The second kappa shape index (κ2) is 7.37. The number of carbonyl (C=O) groups is 2. The van der Waals surface area contributed by atoms with Crippen molar-refractivity contribution in [2.75, 3.05) is 0 Å². The van der Waals surface area contributed by atoms with Crippen molar-refractivity contribution in [1.82, 2.24) is 0 Å². The second-order valence-corrected chi connectivity index (χ2v) is 4.59. The molecular formula is C14H24O2. The van der Waals surface area contributed by atoms with E-state index in [-0.39, 0.29) is 29.0 Å². The number of carbonyl (C=O) groups excluding carboxylic acids is 2. The Kier molecular flexibility index (Phi) is 6.95. The monoisotopic (exact) mass is 224 g/mol. The minimum Gasteiger partial charge on any atom is -0.294 e. The van der Waals surface area contributed by atoms with E-state index in [9.17, 15) is 9.59 Å². The van der Waals surface area contributed by atoms with Gasteiger partial charge in [-0.05, 0) is 12.8 Å². The lowest BCUT2D eigenvalue weighted by Crippen LogP contribution is -2.23. The Bertz CT molecular complexity index is 240. The molecule has 2 nitrogen and oxygen atoms in total. The number of ketones is 2. The van der Waals surface area contributed by atoms with Crippen LogP contribution in [-0.2, 0) is 9.59 Å². The molecule has 2 unspecified atom stereocenters. The zero-order valence-electron chi connectivity index (χ0n) is 11.0. The maximum Gasteiger partial charge on any atom is 0.168 e. The van der Waals surface area contributed by atoms with Crippen LogP contribution >= 0.6 is 0 Å². The summed E-state index contributed by atoms with van der Waals surface area (Å²) in [6.45, 7) is 11.5. The summed E-state index contributed by atoms with van der Waals surface area (Å²) in [6.07, 6.45) is 3.57. The zero-order chi connectivity index (χ0) is 12.7. The predicted molar refractivity (Wildman–Crippen MR) is 67.3 cm³/mol. The first-order valence-electron chi connectivity index (χ1n) is 6.22. The molecule has 16 heavy (non-hydrogen) atoms. The number of hydrogen-bond acceptors (Lipinski definition) is 2. The van der Waals surface area contributed by atoms with Crippen LogP contribution in [-0.4, -0.2) is 11.6 Å². The third kappa shape index (κ3) is 4.30. The molecular weight excluding hydrogens is 200 g/mol. The molecule has 0 rings (SSSR count). The Balaban J connectivity index is 4.43. The molecule has 0 bridgehead atoms. The van der Waals surface area contributed by atoms with Crippen LogP contribution < -0.4 is 0 Å². The Hall–Kier alpha value is -0.920. The van der Waals surface area contributed by atoms with E-state index in [1.165, 1.54) is 0 Å². The van der Waals surface area contributed by atoms with Crippen LogP contribution in [0.1, 0.15) is 53.4 Å². The highest BCUT2D eigenvalue weighted by Gasteiger charge is 2.24. The molecule has 0 radical (unpaired) electrons. The number of hydrogen-bond donors (Lipinski definition) is 0. The Labute approximate surface area is 99.1 Å². The van der Waals surface area contributed by atoms with Gasteiger partial charge in [0, 0.05) is 11.8 Å². The summed E-state index contributed by atoms with van der Waals surface area (Å²) in [5.41, 5.74) is 0.196. The molecule has 0 N–H and O–H groups in total. The largest absolute Gasteiger partial charge is 0.294 e. The van der Waals surface area contributed by atoms with Crippen molar-refractivity contribution < 1.29 is 9.59 Å². The van der Waals surface area contributed by atoms with Crippen molar-refractivity contribution >= 4 is 11.6 Å². The molecule has 0 aromatic carbocycles. The van der Waals surface area contributed by atoms with Crippen molar-refractivity contribution in [3.05, 3.63) is 12.2 Å². The first kappa shape index (κ1) is 15.1. The normalized spacial score (nSPS) is 14.2. The minimum absolute atomic E-state index is 0.0738. The summed E-state index contributed by atoms with van der Waals surface area (Å²) < 4.78 is 0. The second-order valence-electron chi connectivity index (χ2n) is 4.59. The highest BCUT2D eigenvalue weighted by Crippen LogP contribution is 2.17. The summed E-state index contributed by atoms with van der Waals surface area (Å²) >= 11 is 0. The zero-order valence-corrected chi connectivity index (χ0v) is 11.0. The summed E-state index contributed by atoms with van der Waals surface area (Å²) in [6, 6.07) is 0. The molecule has 92 valence electrons. The van der Waals surface area contributed by atoms with E-state index in [2.05, 4.69) is 6.58 Å². The SMILES string of the molecule is C=C(C(=O)C(C)CCC)C(=O)C(C)CCC. The maximum atomic E-state index is 11.9. The molecule has 0 aliphatic rings. The van der Waals surface area contributed by atoms with Crippen molar-refractivity contribution in [2.45, 2.75) is 53.4 Å². The van der Waals surface area contributed by atoms with Crippen molar-refractivity contribution in [3.8, 4) is 0 Å². The molecule has 0 aromatic rings. The van der Waals surface area contributed by atoms with Gasteiger partial charge in [-0.2, -0.15) is 0 Å². The lowest BCUT2D eigenvalue weighted by molar-refractivity contribution is -0.125. The van der Waals surface area contributed by atoms with E-state index in [0.717, 1.165) is 25.7 Å². The van der Waals surface area contributed by atoms with Gasteiger partial charge < -0.3 is 0 Å². The number of Topliss-reactive ketones (excluding diaryl/α,β-unsaturated/α-hetero) is 2. The molecule has 0 spiro atoms. The number of allylic oxidation sites excluding steroid dienone is 1. The van der Waals surface area contributed by atoms with Gasteiger partial charge >= 0.3 is 0 Å². The molecule has 0 saturated carbocycles. The van der Waals surface area contributed by atoms with Gasteiger partial charge in [0.1, 0.15) is 0 Å². The van der Waals surface area contributed by atoms with Crippen molar-refractivity contribution in [1.29, 1.82) is 0 Å². The van der Waals surface area contributed by atoms with E-state index in [1.807, 2.05) is 27.7 Å². The fourth-order valence-electron chi connectivity index (χ4n) is 1.84. The summed E-state index contributed by atoms with van der Waals surface area (Å²) in [5.74, 6) is -0.296. The standard InChI is InChI=1S/C14H24O2/c1-6-8-10(3)13(15)12(5)14(16)11(4)9-7-2/h10-11H,5-9H2,1-4H3. The third-order valence-electron chi connectivity index (χ3n) is 2.93. The fourth-order valence-corrected chi connectivity index (χ4v) is 1.84. The molecule has 0 fully saturated rings. The van der Waals surface area contributed by atoms with Gasteiger partial charge in [0.05, 0.1) is 5.57 Å². The molecule has 0 heterocycles. The van der Waals surface area contributed by atoms with E-state index in [1.54, 1.807) is 0 Å². The summed E-state index contributed by atoms with van der Waals surface area (Å²) in [4.78, 5) is 23.7. The van der Waals surface area contributed by atoms with Gasteiger partial charge in [0.25, 0.3) is 0 Å². The molecule has 0 aliphatic carbocycles. The minimum atomic E-state index is -0.0743. The van der Waals surface area contributed by atoms with Crippen LogP contribution in [0.2, 0.25) is 0 Å². The first-order valence-corrected chi connectivity index (χ1v) is 6.22. The van der Waals surface area contributed by atoms with Gasteiger partial charge in [-0.15, -0.1) is 0 Å². The first-order chi connectivity index (χ1) is 7.45. The molecule has 2 atom stereocenters. The van der Waals surface area contributed by atoms with Crippen LogP contribution in [0, 0.1) is 11.8 Å². The predicted octanol–water partition coefficient (Wildman–Crippen LogP) is 3.55. The van der Waals surface area contributed by atoms with Gasteiger partial charge in [-0.1, -0.05) is 47.1 Å². The van der Waals surface area contributed by atoms with Crippen molar-refractivity contribution in [2.24, 2.45) is 11.8 Å². The smallest absolute Gasteiger partial charge is 0.168 e. The molecule has 0 aliphatic heterocycles. The van der Waals surface area contributed by atoms with Gasteiger partial charge in [-0.3, -0.25) is 9.59 Å². The van der Waals surface area contributed by atoms with E-state index < -0.39 is 0 Å². The van der Waals surface area contributed by atoms with Gasteiger partial charge in [0.2, 0.25) is 0 Å². The van der Waals surface area contributed by atoms with Crippen LogP contribution in [0.4, 0.5) is 0 Å². The highest BCUT2D eigenvalue weighted by atomic mass is 16.1. The molecule has 0 saturated heterocycles. The van der Waals surface area contributed by atoms with Gasteiger partial charge in [-0.25, -0.2) is 0 Å².